The van der Waals surface area contributed by atoms with Gasteiger partial charge in [-0.05, 0) is 39.2 Å². The van der Waals surface area contributed by atoms with E-state index in [0.29, 0.717) is 18.3 Å². The summed E-state index contributed by atoms with van der Waals surface area (Å²) in [7, 11) is 0. The van der Waals surface area contributed by atoms with Gasteiger partial charge < -0.3 is 19.5 Å². The number of aromatic nitrogens is 2. The van der Waals surface area contributed by atoms with Crippen LogP contribution in [0.15, 0.2) is 28.8 Å². The van der Waals surface area contributed by atoms with Crippen LogP contribution in [0, 0.1) is 6.92 Å². The Labute approximate surface area is 157 Å². The van der Waals surface area contributed by atoms with Crippen LogP contribution in [0.1, 0.15) is 43.7 Å². The predicted molar refractivity (Wildman–Crippen MR) is 97.8 cm³/mol. The Morgan fingerprint density at radius 3 is 3.00 bits per heavy atom. The smallest absolute Gasteiger partial charge is 0.325 e. The van der Waals surface area contributed by atoms with Crippen LogP contribution in [0.5, 0.6) is 0 Å². The number of carbonyl (C=O) groups is 2. The van der Waals surface area contributed by atoms with Crippen molar-refractivity contribution < 1.29 is 18.8 Å². The number of benzene rings is 1. The molecule has 1 N–H and O–H groups in total. The lowest BCUT2D eigenvalue weighted by Crippen LogP contribution is -2.46. The molecule has 0 spiro atoms. The fourth-order valence-corrected chi connectivity index (χ4v) is 3.16. The molecule has 1 aliphatic heterocycles. The maximum atomic E-state index is 12.5. The SMILES string of the molecule is CCOC(=O)CNC(=O)N1CCCC[C@@H]1c1nc(-c2cccc(C)c2)no1. The van der Waals surface area contributed by atoms with Crippen molar-refractivity contribution in [3.8, 4) is 11.4 Å². The molecule has 1 aromatic heterocycles. The van der Waals surface area contributed by atoms with Gasteiger partial charge in [0.1, 0.15) is 12.6 Å². The number of amides is 2. The first-order chi connectivity index (χ1) is 13.1. The monoisotopic (exact) mass is 372 g/mol. The van der Waals surface area contributed by atoms with E-state index in [4.69, 9.17) is 9.26 Å². The van der Waals surface area contributed by atoms with Crippen LogP contribution in [0.3, 0.4) is 0 Å². The summed E-state index contributed by atoms with van der Waals surface area (Å²) in [6.07, 6.45) is 2.60. The zero-order valence-corrected chi connectivity index (χ0v) is 15.6. The number of aryl methyl sites for hydroxylation is 1. The lowest BCUT2D eigenvalue weighted by atomic mass is 10.0. The van der Waals surface area contributed by atoms with Crippen molar-refractivity contribution in [2.75, 3.05) is 19.7 Å². The molecule has 1 atom stereocenters. The topological polar surface area (TPSA) is 97.6 Å². The largest absolute Gasteiger partial charge is 0.465 e. The molecule has 0 radical (unpaired) electrons. The molecule has 0 saturated carbocycles. The highest BCUT2D eigenvalue weighted by atomic mass is 16.5. The number of ether oxygens (including phenoxy) is 1. The summed E-state index contributed by atoms with van der Waals surface area (Å²) in [5.74, 6) is 0.461. The van der Waals surface area contributed by atoms with Crippen LogP contribution in [-0.4, -0.2) is 46.7 Å². The van der Waals surface area contributed by atoms with Gasteiger partial charge in [0, 0.05) is 12.1 Å². The fraction of sp³-hybridized carbons (Fsp3) is 0.474. The fourth-order valence-electron chi connectivity index (χ4n) is 3.16. The van der Waals surface area contributed by atoms with E-state index in [2.05, 4.69) is 15.5 Å². The van der Waals surface area contributed by atoms with Crippen molar-refractivity contribution in [2.45, 2.75) is 39.2 Å². The number of hydrogen-bond acceptors (Lipinski definition) is 6. The molecule has 0 bridgehead atoms. The number of rotatable bonds is 5. The van der Waals surface area contributed by atoms with E-state index in [1.54, 1.807) is 11.8 Å². The number of hydrogen-bond donors (Lipinski definition) is 1. The second kappa shape index (κ2) is 8.66. The van der Waals surface area contributed by atoms with E-state index >= 15 is 0 Å². The van der Waals surface area contributed by atoms with Crippen LogP contribution in [0.25, 0.3) is 11.4 Å². The van der Waals surface area contributed by atoms with Gasteiger partial charge in [0.25, 0.3) is 0 Å². The number of esters is 1. The van der Waals surface area contributed by atoms with Crippen molar-refractivity contribution in [1.82, 2.24) is 20.4 Å². The van der Waals surface area contributed by atoms with Gasteiger partial charge >= 0.3 is 12.0 Å². The highest BCUT2D eigenvalue weighted by Gasteiger charge is 2.32. The Morgan fingerprint density at radius 2 is 2.22 bits per heavy atom. The first-order valence-electron chi connectivity index (χ1n) is 9.19. The van der Waals surface area contributed by atoms with Gasteiger partial charge in [-0.2, -0.15) is 4.98 Å². The molecule has 2 aromatic rings. The van der Waals surface area contributed by atoms with Crippen molar-refractivity contribution in [2.24, 2.45) is 0 Å². The van der Waals surface area contributed by atoms with E-state index in [9.17, 15) is 9.59 Å². The zero-order valence-electron chi connectivity index (χ0n) is 15.6. The Balaban J connectivity index is 1.72. The van der Waals surface area contributed by atoms with Crippen LogP contribution in [0.4, 0.5) is 4.79 Å². The molecule has 1 fully saturated rings. The van der Waals surface area contributed by atoms with Crippen molar-refractivity contribution in [3.05, 3.63) is 35.7 Å². The number of nitrogens with one attached hydrogen (secondary N) is 1. The minimum absolute atomic E-state index is 0.158. The molecule has 1 aromatic carbocycles. The summed E-state index contributed by atoms with van der Waals surface area (Å²) in [6.45, 7) is 4.42. The standard InChI is InChI=1S/C19H24N4O4/c1-3-26-16(24)12-20-19(25)23-10-5-4-9-15(23)18-21-17(22-27-18)14-8-6-7-13(2)11-14/h6-8,11,15H,3-5,9-10,12H2,1-2H3,(H,20,25)/t15-/m1/s1. The summed E-state index contributed by atoms with van der Waals surface area (Å²) in [6, 6.07) is 7.22. The molecule has 1 saturated heterocycles. The molecule has 8 nitrogen and oxygen atoms in total. The number of nitrogens with zero attached hydrogens (tertiary/aromatic N) is 3. The van der Waals surface area contributed by atoms with E-state index in [1.165, 1.54) is 0 Å². The maximum absolute atomic E-state index is 12.5. The normalized spacial score (nSPS) is 16.8. The quantitative estimate of drug-likeness (QED) is 0.811. The molecular formula is C19H24N4O4. The average molecular weight is 372 g/mol. The first-order valence-corrected chi connectivity index (χ1v) is 9.19. The van der Waals surface area contributed by atoms with Gasteiger partial charge in [0.05, 0.1) is 6.61 Å². The van der Waals surface area contributed by atoms with Crippen LogP contribution in [-0.2, 0) is 9.53 Å². The molecule has 27 heavy (non-hydrogen) atoms. The molecule has 1 aliphatic rings. The number of likely N-dealkylation sites (tertiary alicyclic amines) is 1. The lowest BCUT2D eigenvalue weighted by Gasteiger charge is -2.33. The third-order valence-electron chi connectivity index (χ3n) is 4.46. The minimum Gasteiger partial charge on any atom is -0.465 e. The Kier molecular flexibility index (Phi) is 6.05. The van der Waals surface area contributed by atoms with Crippen molar-refractivity contribution in [1.29, 1.82) is 0 Å². The van der Waals surface area contributed by atoms with E-state index in [0.717, 1.165) is 30.4 Å². The third-order valence-corrected chi connectivity index (χ3v) is 4.46. The van der Waals surface area contributed by atoms with Crippen LogP contribution in [0.2, 0.25) is 0 Å². The molecule has 8 heteroatoms. The van der Waals surface area contributed by atoms with Gasteiger partial charge in [-0.25, -0.2) is 4.79 Å². The van der Waals surface area contributed by atoms with E-state index in [-0.39, 0.29) is 25.2 Å². The molecule has 3 rings (SSSR count). The number of urea groups is 1. The average Bonchev–Trinajstić information content (AvgIpc) is 3.16. The molecule has 0 aliphatic carbocycles. The molecule has 2 heterocycles. The van der Waals surface area contributed by atoms with E-state index < -0.39 is 5.97 Å². The first kappa shape index (κ1) is 18.9. The van der Waals surface area contributed by atoms with E-state index in [1.807, 2.05) is 31.2 Å². The Hall–Kier alpha value is -2.90. The third kappa shape index (κ3) is 4.64. The van der Waals surface area contributed by atoms with Crippen molar-refractivity contribution >= 4 is 12.0 Å². The van der Waals surface area contributed by atoms with Gasteiger partial charge in [-0.3, -0.25) is 4.79 Å². The summed E-state index contributed by atoms with van der Waals surface area (Å²) in [4.78, 5) is 30.2. The summed E-state index contributed by atoms with van der Waals surface area (Å²) in [5, 5.41) is 6.68. The summed E-state index contributed by atoms with van der Waals surface area (Å²) in [5.41, 5.74) is 1.98. The molecular weight excluding hydrogens is 348 g/mol. The second-order valence-corrected chi connectivity index (χ2v) is 6.49. The highest BCUT2D eigenvalue weighted by Crippen LogP contribution is 2.31. The van der Waals surface area contributed by atoms with Crippen LogP contribution >= 0.6 is 0 Å². The molecule has 2 amide bonds. The Morgan fingerprint density at radius 1 is 1.37 bits per heavy atom. The van der Waals surface area contributed by atoms with Gasteiger partial charge in [0.15, 0.2) is 0 Å². The lowest BCUT2D eigenvalue weighted by molar-refractivity contribution is -0.141. The number of piperidine rings is 1. The van der Waals surface area contributed by atoms with Gasteiger partial charge in [-0.15, -0.1) is 0 Å². The summed E-state index contributed by atoms with van der Waals surface area (Å²) < 4.78 is 10.3. The van der Waals surface area contributed by atoms with Crippen molar-refractivity contribution in [3.63, 3.8) is 0 Å². The van der Waals surface area contributed by atoms with Gasteiger partial charge in [-0.1, -0.05) is 28.9 Å². The maximum Gasteiger partial charge on any atom is 0.325 e. The zero-order chi connectivity index (χ0) is 19.2. The minimum atomic E-state index is -0.459. The highest BCUT2D eigenvalue weighted by molar-refractivity contribution is 5.81. The molecule has 0 unspecified atom stereocenters. The second-order valence-electron chi connectivity index (χ2n) is 6.49. The van der Waals surface area contributed by atoms with Crippen LogP contribution < -0.4 is 5.32 Å². The number of carbonyl (C=O) groups excluding carboxylic acids is 2. The Bertz CT molecular complexity index is 805. The van der Waals surface area contributed by atoms with Gasteiger partial charge in [0.2, 0.25) is 11.7 Å². The molecule has 144 valence electrons. The predicted octanol–water partition coefficient (Wildman–Crippen LogP) is 2.84. The summed E-state index contributed by atoms with van der Waals surface area (Å²) >= 11 is 0.